The molecule has 0 unspecified atom stereocenters. The topological polar surface area (TPSA) is 54.9 Å². The molecular formula is C22H13F6N3OS. The number of fused-ring (bicyclic) bond motifs is 1. The molecule has 4 rings (SSSR count). The molecule has 0 aliphatic heterocycles. The first kappa shape index (κ1) is 22.7. The molecule has 0 fully saturated rings. The zero-order valence-corrected chi connectivity index (χ0v) is 17.5. The summed E-state index contributed by atoms with van der Waals surface area (Å²) in [6.07, 6.45) is -8.48. The number of aryl methyl sites for hydroxylation is 1. The van der Waals surface area contributed by atoms with Crippen molar-refractivity contribution < 1.29 is 31.1 Å². The maximum Gasteiger partial charge on any atom is 0.416 e. The average molecular weight is 481 g/mol. The zero-order chi connectivity index (χ0) is 24.0. The fourth-order valence-corrected chi connectivity index (χ4v) is 3.97. The Balaban J connectivity index is 1.69. The number of nitrogens with zero attached hydrogens (tertiary/aromatic N) is 2. The van der Waals surface area contributed by atoms with E-state index in [4.69, 9.17) is 0 Å². The Hall–Kier alpha value is -3.47. The lowest BCUT2D eigenvalue weighted by molar-refractivity contribution is -0.143. The first-order valence-corrected chi connectivity index (χ1v) is 10.2. The second-order valence-electron chi connectivity index (χ2n) is 7.13. The molecule has 11 heteroatoms. The summed E-state index contributed by atoms with van der Waals surface area (Å²) in [5.74, 6) is -1.10. The lowest BCUT2D eigenvalue weighted by atomic mass is 10.0. The van der Waals surface area contributed by atoms with Crippen LogP contribution in [0.3, 0.4) is 0 Å². The van der Waals surface area contributed by atoms with Gasteiger partial charge in [-0.15, -0.1) is 0 Å². The fraction of sp³-hybridized carbons (Fsp3) is 0.136. The van der Waals surface area contributed by atoms with Gasteiger partial charge in [0.15, 0.2) is 0 Å². The largest absolute Gasteiger partial charge is 0.416 e. The molecule has 0 aliphatic carbocycles. The number of amides is 1. The molecule has 0 saturated carbocycles. The van der Waals surface area contributed by atoms with E-state index in [-0.39, 0.29) is 11.8 Å². The Morgan fingerprint density at radius 2 is 1.61 bits per heavy atom. The van der Waals surface area contributed by atoms with Crippen LogP contribution in [0.2, 0.25) is 0 Å². The maximum absolute atomic E-state index is 13.1. The Morgan fingerprint density at radius 1 is 0.939 bits per heavy atom. The molecule has 170 valence electrons. The monoisotopic (exact) mass is 481 g/mol. The number of carbonyl (C=O) groups is 1. The van der Waals surface area contributed by atoms with Crippen LogP contribution < -0.4 is 5.32 Å². The summed E-state index contributed by atoms with van der Waals surface area (Å²) >= 11 is 1.30. The Kier molecular flexibility index (Phi) is 5.61. The molecule has 0 atom stereocenters. The van der Waals surface area contributed by atoms with Crippen molar-refractivity contribution >= 4 is 33.3 Å². The highest BCUT2D eigenvalue weighted by Gasteiger charge is 2.37. The summed E-state index contributed by atoms with van der Waals surface area (Å²) in [5.41, 5.74) is -1.80. The molecule has 0 saturated heterocycles. The van der Waals surface area contributed by atoms with Crippen LogP contribution in [0.15, 0.2) is 54.7 Å². The van der Waals surface area contributed by atoms with Crippen LogP contribution in [0, 0.1) is 6.92 Å². The van der Waals surface area contributed by atoms with E-state index in [1.165, 1.54) is 11.3 Å². The van der Waals surface area contributed by atoms with Crippen LogP contribution in [0.1, 0.15) is 27.0 Å². The van der Waals surface area contributed by atoms with Gasteiger partial charge in [0.25, 0.3) is 5.91 Å². The predicted molar refractivity (Wildman–Crippen MR) is 112 cm³/mol. The summed E-state index contributed by atoms with van der Waals surface area (Å²) in [4.78, 5) is 22.0. The minimum absolute atomic E-state index is 0.0240. The normalized spacial score (nSPS) is 12.2. The van der Waals surface area contributed by atoms with Gasteiger partial charge in [0.1, 0.15) is 15.4 Å². The zero-order valence-electron chi connectivity index (χ0n) is 16.7. The van der Waals surface area contributed by atoms with E-state index in [1.54, 1.807) is 43.5 Å². The second-order valence-corrected chi connectivity index (χ2v) is 8.10. The van der Waals surface area contributed by atoms with Crippen molar-refractivity contribution in [2.75, 3.05) is 5.32 Å². The second kappa shape index (κ2) is 8.14. The Morgan fingerprint density at radius 3 is 2.21 bits per heavy atom. The van der Waals surface area contributed by atoms with Gasteiger partial charge in [-0.1, -0.05) is 23.5 Å². The smallest absolute Gasteiger partial charge is 0.322 e. The summed E-state index contributed by atoms with van der Waals surface area (Å²) in [5, 5.41) is 3.01. The van der Waals surface area contributed by atoms with Crippen LogP contribution in [0.25, 0.3) is 20.9 Å². The molecule has 33 heavy (non-hydrogen) atoms. The van der Waals surface area contributed by atoms with Crippen LogP contribution in [0.5, 0.6) is 0 Å². The number of pyridine rings is 1. The highest BCUT2D eigenvalue weighted by molar-refractivity contribution is 7.21. The molecule has 0 radical (unpaired) electrons. The van der Waals surface area contributed by atoms with Crippen LogP contribution in [-0.2, 0) is 12.4 Å². The van der Waals surface area contributed by atoms with Gasteiger partial charge in [-0.25, -0.2) is 9.97 Å². The lowest BCUT2D eigenvalue weighted by Gasteiger charge is -2.15. The molecule has 0 bridgehead atoms. The standard InChI is InChI=1S/C22H13F6N3OS/c1-11-4-5-12(19-31-16-3-2-6-29-20(16)33-19)9-17(11)30-18(32)13-7-14(21(23,24)25)10-15(8-13)22(26,27)28/h2-10H,1H3,(H,30,32). The van der Waals surface area contributed by atoms with Gasteiger partial charge in [0.2, 0.25) is 0 Å². The molecule has 1 amide bonds. The van der Waals surface area contributed by atoms with Gasteiger partial charge in [0.05, 0.1) is 11.1 Å². The maximum atomic E-state index is 13.1. The Bertz CT molecular complexity index is 1300. The van der Waals surface area contributed by atoms with Crippen molar-refractivity contribution in [3.63, 3.8) is 0 Å². The van der Waals surface area contributed by atoms with Crippen molar-refractivity contribution in [3.8, 4) is 10.6 Å². The number of aromatic nitrogens is 2. The molecule has 2 aromatic carbocycles. The van der Waals surface area contributed by atoms with E-state index < -0.39 is 35.0 Å². The SMILES string of the molecule is Cc1ccc(-c2nc3cccnc3s2)cc1NC(=O)c1cc(C(F)(F)F)cc(C(F)(F)F)c1. The average Bonchev–Trinajstić information content (AvgIpc) is 3.18. The van der Waals surface area contributed by atoms with E-state index in [9.17, 15) is 31.1 Å². The summed E-state index contributed by atoms with van der Waals surface area (Å²) < 4.78 is 78.7. The number of alkyl halides is 6. The number of anilines is 1. The first-order chi connectivity index (χ1) is 15.4. The quantitative estimate of drug-likeness (QED) is 0.322. The molecule has 2 aromatic heterocycles. The third kappa shape index (κ3) is 4.82. The number of hydrogen-bond acceptors (Lipinski definition) is 4. The van der Waals surface area contributed by atoms with Gasteiger partial charge in [-0.3, -0.25) is 4.79 Å². The number of nitrogens with one attached hydrogen (secondary N) is 1. The fourth-order valence-electron chi connectivity index (χ4n) is 3.06. The minimum Gasteiger partial charge on any atom is -0.322 e. The minimum atomic E-state index is -5.05. The third-order valence-electron chi connectivity index (χ3n) is 4.75. The number of carbonyl (C=O) groups excluding carboxylic acids is 1. The summed E-state index contributed by atoms with van der Waals surface area (Å²) in [7, 11) is 0. The summed E-state index contributed by atoms with van der Waals surface area (Å²) in [6.45, 7) is 1.65. The highest BCUT2D eigenvalue weighted by Crippen LogP contribution is 2.37. The van der Waals surface area contributed by atoms with E-state index in [2.05, 4.69) is 15.3 Å². The number of halogens is 6. The predicted octanol–water partition coefficient (Wildman–Crippen LogP) is 6.96. The molecule has 0 spiro atoms. The van der Waals surface area contributed by atoms with E-state index in [0.29, 0.717) is 38.6 Å². The van der Waals surface area contributed by atoms with E-state index in [1.807, 2.05) is 0 Å². The van der Waals surface area contributed by atoms with Crippen molar-refractivity contribution in [1.82, 2.24) is 9.97 Å². The van der Waals surface area contributed by atoms with Crippen LogP contribution in [0.4, 0.5) is 32.0 Å². The number of thiazole rings is 1. The van der Waals surface area contributed by atoms with Crippen molar-refractivity contribution in [2.45, 2.75) is 19.3 Å². The van der Waals surface area contributed by atoms with Crippen LogP contribution in [-0.4, -0.2) is 15.9 Å². The first-order valence-electron chi connectivity index (χ1n) is 9.35. The van der Waals surface area contributed by atoms with Crippen molar-refractivity contribution in [2.24, 2.45) is 0 Å². The molecule has 2 heterocycles. The van der Waals surface area contributed by atoms with E-state index >= 15 is 0 Å². The number of rotatable bonds is 3. The molecule has 4 aromatic rings. The number of benzene rings is 2. The summed E-state index contributed by atoms with van der Waals surface area (Å²) in [6, 6.07) is 9.24. The van der Waals surface area contributed by atoms with Gasteiger partial charge >= 0.3 is 12.4 Å². The van der Waals surface area contributed by atoms with Gasteiger partial charge < -0.3 is 5.32 Å². The highest BCUT2D eigenvalue weighted by atomic mass is 32.1. The third-order valence-corrected chi connectivity index (χ3v) is 5.78. The number of hydrogen-bond donors (Lipinski definition) is 1. The lowest BCUT2D eigenvalue weighted by Crippen LogP contribution is -2.17. The van der Waals surface area contributed by atoms with Gasteiger partial charge in [-0.2, -0.15) is 26.3 Å². The van der Waals surface area contributed by atoms with Crippen LogP contribution >= 0.6 is 11.3 Å². The molecular weight excluding hydrogens is 468 g/mol. The van der Waals surface area contributed by atoms with Crippen molar-refractivity contribution in [3.05, 3.63) is 77.0 Å². The van der Waals surface area contributed by atoms with Gasteiger partial charge in [-0.05, 0) is 48.9 Å². The molecule has 4 nitrogen and oxygen atoms in total. The van der Waals surface area contributed by atoms with Crippen molar-refractivity contribution in [1.29, 1.82) is 0 Å². The van der Waals surface area contributed by atoms with E-state index in [0.717, 1.165) is 0 Å². The Labute approximate surface area is 186 Å². The van der Waals surface area contributed by atoms with Gasteiger partial charge in [0, 0.05) is 23.0 Å². The molecule has 0 aliphatic rings. The molecule has 1 N–H and O–H groups in total.